The number of nitrogens with zero attached hydrogens (tertiary/aromatic N) is 1. The van der Waals surface area contributed by atoms with Crippen molar-refractivity contribution < 1.29 is 14.3 Å². The van der Waals surface area contributed by atoms with Gasteiger partial charge in [0.15, 0.2) is 0 Å². The molecule has 1 saturated heterocycles. The van der Waals surface area contributed by atoms with Crippen LogP contribution in [0.15, 0.2) is 24.3 Å². The van der Waals surface area contributed by atoms with E-state index in [0.29, 0.717) is 6.61 Å². The number of hydrogen-bond acceptors (Lipinski definition) is 4. The number of carbonyl (C=O) groups is 1. The molecule has 0 spiro atoms. The quantitative estimate of drug-likeness (QED) is 0.631. The summed E-state index contributed by atoms with van der Waals surface area (Å²) in [6.07, 6.45) is 1.60. The standard InChI is InChI=1S/C16H21NO3S/c1-3-20-16(18)13-8-10-17(11-9-13)15(21)12-4-6-14(19-2)7-5-12/h4-7,13H,3,8-11H2,1-2H3. The van der Waals surface area contributed by atoms with Crippen LogP contribution in [0.1, 0.15) is 25.3 Å². The van der Waals surface area contributed by atoms with Crippen LogP contribution in [0.3, 0.4) is 0 Å². The van der Waals surface area contributed by atoms with Gasteiger partial charge in [-0.3, -0.25) is 4.79 Å². The maximum absolute atomic E-state index is 11.7. The Morgan fingerprint density at radius 3 is 2.43 bits per heavy atom. The van der Waals surface area contributed by atoms with Gasteiger partial charge in [-0.2, -0.15) is 0 Å². The second-order valence-electron chi connectivity index (χ2n) is 5.05. The van der Waals surface area contributed by atoms with Gasteiger partial charge in [-0.15, -0.1) is 0 Å². The SMILES string of the molecule is CCOC(=O)C1CCN(C(=S)c2ccc(OC)cc2)CC1. The first kappa shape index (κ1) is 15.8. The van der Waals surface area contributed by atoms with Gasteiger partial charge >= 0.3 is 5.97 Å². The number of methoxy groups -OCH3 is 1. The molecule has 114 valence electrons. The molecule has 0 aromatic heterocycles. The van der Waals surface area contributed by atoms with E-state index in [2.05, 4.69) is 4.90 Å². The lowest BCUT2D eigenvalue weighted by molar-refractivity contribution is -0.149. The number of piperidine rings is 1. The molecule has 5 heteroatoms. The van der Waals surface area contributed by atoms with E-state index in [4.69, 9.17) is 21.7 Å². The third kappa shape index (κ3) is 3.94. The second kappa shape index (κ2) is 7.41. The molecule has 0 bridgehead atoms. The average Bonchev–Trinajstić information content (AvgIpc) is 2.54. The first-order valence-electron chi connectivity index (χ1n) is 7.25. The number of thiocarbonyl (C=S) groups is 1. The zero-order chi connectivity index (χ0) is 15.2. The lowest BCUT2D eigenvalue weighted by atomic mass is 9.96. The Morgan fingerprint density at radius 2 is 1.90 bits per heavy atom. The van der Waals surface area contributed by atoms with Gasteiger partial charge in [0.25, 0.3) is 0 Å². The number of rotatable bonds is 4. The molecule has 1 heterocycles. The van der Waals surface area contributed by atoms with Crippen molar-refractivity contribution >= 4 is 23.2 Å². The summed E-state index contributed by atoms with van der Waals surface area (Å²) in [6, 6.07) is 7.76. The first-order valence-corrected chi connectivity index (χ1v) is 7.66. The van der Waals surface area contributed by atoms with Crippen LogP contribution >= 0.6 is 12.2 Å². The molecular formula is C16H21NO3S. The molecule has 2 rings (SSSR count). The topological polar surface area (TPSA) is 38.8 Å². The fourth-order valence-electron chi connectivity index (χ4n) is 2.49. The van der Waals surface area contributed by atoms with E-state index in [1.165, 1.54) is 0 Å². The lowest BCUT2D eigenvalue weighted by Gasteiger charge is -2.32. The molecular weight excluding hydrogens is 286 g/mol. The Labute approximate surface area is 131 Å². The minimum atomic E-state index is -0.0764. The highest BCUT2D eigenvalue weighted by Gasteiger charge is 2.27. The third-order valence-electron chi connectivity index (χ3n) is 3.74. The van der Waals surface area contributed by atoms with Gasteiger partial charge in [-0.25, -0.2) is 0 Å². The maximum Gasteiger partial charge on any atom is 0.309 e. The summed E-state index contributed by atoms with van der Waals surface area (Å²) < 4.78 is 10.2. The fourth-order valence-corrected chi connectivity index (χ4v) is 2.81. The highest BCUT2D eigenvalue weighted by molar-refractivity contribution is 7.80. The van der Waals surface area contributed by atoms with Crippen molar-refractivity contribution in [3.8, 4) is 5.75 Å². The van der Waals surface area contributed by atoms with E-state index in [-0.39, 0.29) is 11.9 Å². The summed E-state index contributed by atoms with van der Waals surface area (Å²) in [7, 11) is 1.65. The predicted octanol–water partition coefficient (Wildman–Crippen LogP) is 2.65. The number of esters is 1. The fraction of sp³-hybridized carbons (Fsp3) is 0.500. The number of hydrogen-bond donors (Lipinski definition) is 0. The number of benzene rings is 1. The molecule has 1 aliphatic heterocycles. The Kier molecular flexibility index (Phi) is 5.56. The van der Waals surface area contributed by atoms with Crippen LogP contribution in [0.4, 0.5) is 0 Å². The van der Waals surface area contributed by atoms with Crippen LogP contribution in [0.2, 0.25) is 0 Å². The third-order valence-corrected chi connectivity index (χ3v) is 4.23. The monoisotopic (exact) mass is 307 g/mol. The van der Waals surface area contributed by atoms with E-state index < -0.39 is 0 Å². The van der Waals surface area contributed by atoms with Crippen molar-refractivity contribution in [2.24, 2.45) is 5.92 Å². The van der Waals surface area contributed by atoms with Crippen LogP contribution in [0.25, 0.3) is 0 Å². The smallest absolute Gasteiger partial charge is 0.309 e. The van der Waals surface area contributed by atoms with Gasteiger partial charge in [0.2, 0.25) is 0 Å². The zero-order valence-corrected chi connectivity index (χ0v) is 13.3. The molecule has 1 aromatic carbocycles. The summed E-state index contributed by atoms with van der Waals surface area (Å²) in [6.45, 7) is 3.89. The van der Waals surface area contributed by atoms with Crippen molar-refractivity contribution in [3.05, 3.63) is 29.8 Å². The van der Waals surface area contributed by atoms with Crippen molar-refractivity contribution in [2.75, 3.05) is 26.8 Å². The largest absolute Gasteiger partial charge is 0.497 e. The number of carbonyl (C=O) groups excluding carboxylic acids is 1. The summed E-state index contributed by atoms with van der Waals surface area (Å²) >= 11 is 5.54. The Balaban J connectivity index is 1.92. The van der Waals surface area contributed by atoms with Crippen LogP contribution in [0, 0.1) is 5.92 Å². The molecule has 0 N–H and O–H groups in total. The summed E-state index contributed by atoms with van der Waals surface area (Å²) in [4.78, 5) is 14.7. The van der Waals surface area contributed by atoms with E-state index in [9.17, 15) is 4.79 Å². The zero-order valence-electron chi connectivity index (χ0n) is 12.5. The molecule has 1 aromatic rings. The highest BCUT2D eigenvalue weighted by Crippen LogP contribution is 2.21. The van der Waals surface area contributed by atoms with E-state index >= 15 is 0 Å². The Morgan fingerprint density at radius 1 is 1.29 bits per heavy atom. The van der Waals surface area contributed by atoms with E-state index in [0.717, 1.165) is 42.2 Å². The number of likely N-dealkylation sites (tertiary alicyclic amines) is 1. The van der Waals surface area contributed by atoms with Crippen LogP contribution in [-0.4, -0.2) is 42.7 Å². The van der Waals surface area contributed by atoms with Crippen molar-refractivity contribution in [1.29, 1.82) is 0 Å². The van der Waals surface area contributed by atoms with Gasteiger partial charge in [-0.05, 0) is 44.0 Å². The van der Waals surface area contributed by atoms with Crippen molar-refractivity contribution in [2.45, 2.75) is 19.8 Å². The van der Waals surface area contributed by atoms with E-state index in [1.807, 2.05) is 31.2 Å². The van der Waals surface area contributed by atoms with Crippen molar-refractivity contribution in [3.63, 3.8) is 0 Å². The summed E-state index contributed by atoms with van der Waals surface area (Å²) in [5.41, 5.74) is 1.01. The first-order chi connectivity index (χ1) is 10.2. The minimum Gasteiger partial charge on any atom is -0.497 e. The minimum absolute atomic E-state index is 0.0138. The van der Waals surface area contributed by atoms with E-state index in [1.54, 1.807) is 7.11 Å². The van der Waals surface area contributed by atoms with Crippen LogP contribution < -0.4 is 4.74 Å². The lowest BCUT2D eigenvalue weighted by Crippen LogP contribution is -2.40. The molecule has 0 amide bonds. The predicted molar refractivity (Wildman–Crippen MR) is 85.6 cm³/mol. The molecule has 21 heavy (non-hydrogen) atoms. The van der Waals surface area contributed by atoms with Gasteiger partial charge in [0.05, 0.1) is 19.6 Å². The van der Waals surface area contributed by atoms with Gasteiger partial charge in [0, 0.05) is 18.7 Å². The summed E-state index contributed by atoms with van der Waals surface area (Å²) in [5, 5.41) is 0. The molecule has 0 radical (unpaired) electrons. The molecule has 4 nitrogen and oxygen atoms in total. The molecule has 0 atom stereocenters. The van der Waals surface area contributed by atoms with Crippen LogP contribution in [-0.2, 0) is 9.53 Å². The number of ether oxygens (including phenoxy) is 2. The Hall–Kier alpha value is -1.62. The molecule has 0 saturated carbocycles. The normalized spacial score (nSPS) is 15.6. The highest BCUT2D eigenvalue weighted by atomic mass is 32.1. The Bertz CT molecular complexity index is 493. The molecule has 0 aliphatic carbocycles. The summed E-state index contributed by atoms with van der Waals surface area (Å²) in [5.74, 6) is 0.759. The van der Waals surface area contributed by atoms with Gasteiger partial charge in [0.1, 0.15) is 10.7 Å². The van der Waals surface area contributed by atoms with Crippen molar-refractivity contribution in [1.82, 2.24) is 4.90 Å². The molecule has 1 fully saturated rings. The molecule has 0 unspecified atom stereocenters. The maximum atomic E-state index is 11.7. The second-order valence-corrected chi connectivity index (χ2v) is 5.43. The average molecular weight is 307 g/mol. The van der Waals surface area contributed by atoms with Crippen LogP contribution in [0.5, 0.6) is 5.75 Å². The van der Waals surface area contributed by atoms with Gasteiger partial charge in [-0.1, -0.05) is 12.2 Å². The van der Waals surface area contributed by atoms with Gasteiger partial charge < -0.3 is 14.4 Å². The molecule has 1 aliphatic rings.